The van der Waals surface area contributed by atoms with Crippen molar-refractivity contribution >= 4 is 23.1 Å². The highest BCUT2D eigenvalue weighted by atomic mass is 16.6. The largest absolute Gasteiger partial charge is 0.459 e. The fourth-order valence-corrected chi connectivity index (χ4v) is 2.39. The predicted octanol–water partition coefficient (Wildman–Crippen LogP) is 3.24. The smallest absolute Gasteiger partial charge is 0.288 e. The molecule has 0 aliphatic rings. The van der Waals surface area contributed by atoms with E-state index in [1.165, 1.54) is 36.6 Å². The minimum atomic E-state index is -1.09. The Morgan fingerprint density at radius 3 is 2.26 bits per heavy atom. The lowest BCUT2D eigenvalue weighted by Gasteiger charge is -2.20. The number of rotatable bonds is 7. The van der Waals surface area contributed by atoms with Gasteiger partial charge in [-0.25, -0.2) is 0 Å². The summed E-state index contributed by atoms with van der Waals surface area (Å²) >= 11 is 0. The number of Topliss-reactive ketones (excluding diaryl/α,β-unsaturated/α-hetero) is 1. The van der Waals surface area contributed by atoms with Gasteiger partial charge in [0.25, 0.3) is 11.6 Å². The molecule has 1 aromatic heterocycles. The van der Waals surface area contributed by atoms with Crippen molar-refractivity contribution in [3.8, 4) is 0 Å². The number of furan rings is 1. The monoisotopic (exact) mass is 365 g/mol. The number of amides is 1. The molecule has 0 saturated heterocycles. The number of nitrogens with one attached hydrogen (secondary N) is 2. The number of hydrogen-bond donors (Lipinski definition) is 2. The summed E-state index contributed by atoms with van der Waals surface area (Å²) in [5.74, 6) is -0.871. The summed E-state index contributed by atoms with van der Waals surface area (Å²) in [5.41, 5.74) is 0.761. The van der Waals surface area contributed by atoms with E-state index in [1.807, 2.05) is 0 Å². The summed E-state index contributed by atoms with van der Waals surface area (Å²) in [4.78, 5) is 35.4. The quantitative estimate of drug-likeness (QED) is 0.287. The molecule has 136 valence electrons. The van der Waals surface area contributed by atoms with Crippen LogP contribution < -0.4 is 10.6 Å². The summed E-state index contributed by atoms with van der Waals surface area (Å²) in [6.45, 7) is 0. The number of nitrogens with zero attached hydrogens (tertiary/aromatic N) is 1. The summed E-state index contributed by atoms with van der Waals surface area (Å²) in [6, 6.07) is 17.0. The Bertz CT molecular complexity index is 937. The van der Waals surface area contributed by atoms with Crippen molar-refractivity contribution in [2.45, 2.75) is 6.17 Å². The number of anilines is 1. The Balaban J connectivity index is 1.83. The zero-order valence-electron chi connectivity index (χ0n) is 14.0. The maximum atomic E-state index is 12.8. The minimum absolute atomic E-state index is 0.0614. The average molecular weight is 365 g/mol. The molecule has 1 atom stereocenters. The van der Waals surface area contributed by atoms with Crippen molar-refractivity contribution in [3.05, 3.63) is 94.4 Å². The number of carbonyl (C=O) groups excluding carboxylic acids is 2. The van der Waals surface area contributed by atoms with E-state index in [9.17, 15) is 19.7 Å². The third-order valence-corrected chi connectivity index (χ3v) is 3.73. The van der Waals surface area contributed by atoms with E-state index < -0.39 is 17.0 Å². The third-order valence-electron chi connectivity index (χ3n) is 3.73. The van der Waals surface area contributed by atoms with Gasteiger partial charge in [0, 0.05) is 23.4 Å². The van der Waals surface area contributed by atoms with Crippen LogP contribution in [0.25, 0.3) is 0 Å². The first-order valence-corrected chi connectivity index (χ1v) is 7.99. The van der Waals surface area contributed by atoms with Crippen LogP contribution in [-0.4, -0.2) is 22.8 Å². The van der Waals surface area contributed by atoms with E-state index in [4.69, 9.17) is 4.42 Å². The molecule has 2 N–H and O–H groups in total. The predicted molar refractivity (Wildman–Crippen MR) is 97.5 cm³/mol. The van der Waals surface area contributed by atoms with E-state index in [0.717, 1.165) is 0 Å². The number of nitro groups is 1. The molecule has 27 heavy (non-hydrogen) atoms. The van der Waals surface area contributed by atoms with Gasteiger partial charge in [-0.2, -0.15) is 0 Å². The molecular weight excluding hydrogens is 350 g/mol. The van der Waals surface area contributed by atoms with Gasteiger partial charge < -0.3 is 15.1 Å². The SMILES string of the molecule is O=C(NC(Nc1ccc([N+](=O)[O-])cc1)C(=O)c1ccccc1)c1ccco1. The number of non-ortho nitro benzene ring substituents is 1. The number of benzene rings is 2. The van der Waals surface area contributed by atoms with Gasteiger partial charge in [0.05, 0.1) is 11.2 Å². The fourth-order valence-electron chi connectivity index (χ4n) is 2.39. The summed E-state index contributed by atoms with van der Waals surface area (Å²) in [5, 5.41) is 16.2. The number of ketones is 1. The number of hydrogen-bond acceptors (Lipinski definition) is 6. The zero-order chi connectivity index (χ0) is 19.2. The lowest BCUT2D eigenvalue weighted by atomic mass is 10.1. The standard InChI is InChI=1S/C19H15N3O5/c23-17(13-5-2-1-3-6-13)18(21-19(24)16-7-4-12-27-16)20-14-8-10-15(11-9-14)22(25)26/h1-12,18,20H,(H,21,24). The molecule has 0 aliphatic carbocycles. The third kappa shape index (κ3) is 4.37. The molecule has 1 heterocycles. The van der Waals surface area contributed by atoms with E-state index in [2.05, 4.69) is 10.6 Å². The van der Waals surface area contributed by atoms with Gasteiger partial charge in [0.15, 0.2) is 11.9 Å². The Morgan fingerprint density at radius 1 is 0.963 bits per heavy atom. The Labute approximate surface area is 154 Å². The van der Waals surface area contributed by atoms with Crippen LogP contribution in [0, 0.1) is 10.1 Å². The van der Waals surface area contributed by atoms with E-state index in [-0.39, 0.29) is 17.2 Å². The molecule has 1 unspecified atom stereocenters. The molecule has 0 bridgehead atoms. The van der Waals surface area contributed by atoms with Crippen molar-refractivity contribution in [1.82, 2.24) is 5.32 Å². The molecule has 8 heteroatoms. The highest BCUT2D eigenvalue weighted by Gasteiger charge is 2.24. The van der Waals surface area contributed by atoms with E-state index in [1.54, 1.807) is 36.4 Å². The van der Waals surface area contributed by atoms with Crippen LogP contribution >= 0.6 is 0 Å². The molecule has 2 aromatic carbocycles. The molecule has 3 rings (SSSR count). The first kappa shape index (κ1) is 17.9. The van der Waals surface area contributed by atoms with Gasteiger partial charge in [-0.15, -0.1) is 0 Å². The number of carbonyl (C=O) groups is 2. The normalized spacial score (nSPS) is 11.4. The van der Waals surface area contributed by atoms with Crippen molar-refractivity contribution in [2.24, 2.45) is 0 Å². The highest BCUT2D eigenvalue weighted by Crippen LogP contribution is 2.17. The Hall–Kier alpha value is -3.94. The lowest BCUT2D eigenvalue weighted by molar-refractivity contribution is -0.384. The molecular formula is C19H15N3O5. The second kappa shape index (κ2) is 7.96. The first-order valence-electron chi connectivity index (χ1n) is 7.99. The first-order chi connectivity index (χ1) is 13.0. The van der Waals surface area contributed by atoms with Crippen molar-refractivity contribution in [2.75, 3.05) is 5.32 Å². The topological polar surface area (TPSA) is 114 Å². The van der Waals surface area contributed by atoms with Crippen LogP contribution in [0.4, 0.5) is 11.4 Å². The van der Waals surface area contributed by atoms with Crippen molar-refractivity contribution in [1.29, 1.82) is 0 Å². The second-order valence-corrected chi connectivity index (χ2v) is 5.56. The lowest BCUT2D eigenvalue weighted by Crippen LogP contribution is -2.46. The van der Waals surface area contributed by atoms with Crippen LogP contribution in [0.1, 0.15) is 20.9 Å². The highest BCUT2D eigenvalue weighted by molar-refractivity contribution is 6.04. The summed E-state index contributed by atoms with van der Waals surface area (Å²) in [6.07, 6.45) is 0.263. The van der Waals surface area contributed by atoms with Gasteiger partial charge >= 0.3 is 0 Å². The van der Waals surface area contributed by atoms with Crippen LogP contribution in [0.5, 0.6) is 0 Å². The molecule has 8 nitrogen and oxygen atoms in total. The Kier molecular flexibility index (Phi) is 5.27. The van der Waals surface area contributed by atoms with Gasteiger partial charge in [-0.3, -0.25) is 19.7 Å². The maximum absolute atomic E-state index is 12.8. The molecule has 0 fully saturated rings. The zero-order valence-corrected chi connectivity index (χ0v) is 14.0. The summed E-state index contributed by atoms with van der Waals surface area (Å²) < 4.78 is 5.05. The van der Waals surface area contributed by atoms with Crippen molar-refractivity contribution < 1.29 is 18.9 Å². The molecule has 0 saturated carbocycles. The molecule has 0 spiro atoms. The maximum Gasteiger partial charge on any atom is 0.288 e. The van der Waals surface area contributed by atoms with Gasteiger partial charge in [-0.05, 0) is 24.3 Å². The van der Waals surface area contributed by atoms with Gasteiger partial charge in [0.2, 0.25) is 5.78 Å². The van der Waals surface area contributed by atoms with Crippen LogP contribution in [0.2, 0.25) is 0 Å². The van der Waals surface area contributed by atoms with Crippen molar-refractivity contribution in [3.63, 3.8) is 0 Å². The second-order valence-electron chi connectivity index (χ2n) is 5.56. The minimum Gasteiger partial charge on any atom is -0.459 e. The van der Waals surface area contributed by atoms with E-state index >= 15 is 0 Å². The summed E-state index contributed by atoms with van der Waals surface area (Å²) in [7, 11) is 0. The molecule has 1 amide bonds. The number of nitro benzene ring substituents is 1. The molecule has 3 aromatic rings. The van der Waals surface area contributed by atoms with E-state index in [0.29, 0.717) is 11.3 Å². The average Bonchev–Trinajstić information content (AvgIpc) is 3.23. The fraction of sp³-hybridized carbons (Fsp3) is 0.0526. The van der Waals surface area contributed by atoms with Crippen LogP contribution in [0.3, 0.4) is 0 Å². The van der Waals surface area contributed by atoms with Crippen LogP contribution in [-0.2, 0) is 0 Å². The molecule has 0 radical (unpaired) electrons. The van der Waals surface area contributed by atoms with Gasteiger partial charge in [-0.1, -0.05) is 30.3 Å². The Morgan fingerprint density at radius 2 is 1.67 bits per heavy atom. The van der Waals surface area contributed by atoms with Crippen LogP contribution in [0.15, 0.2) is 77.4 Å². The molecule has 0 aliphatic heterocycles. The van der Waals surface area contributed by atoms with Gasteiger partial charge in [0.1, 0.15) is 0 Å².